The molecule has 4 nitrogen and oxygen atoms in total. The third-order valence-electron chi connectivity index (χ3n) is 1.68. The summed E-state index contributed by atoms with van der Waals surface area (Å²) in [6.45, 7) is 0. The first-order valence-corrected chi connectivity index (χ1v) is 5.12. The topological polar surface area (TPSA) is 43.6 Å². The molecule has 0 aliphatic heterocycles. The Labute approximate surface area is 84.1 Å². The van der Waals surface area contributed by atoms with Gasteiger partial charge in [0.25, 0.3) is 0 Å². The fraction of sp³-hybridized carbons (Fsp3) is 0.125. The molecule has 0 amide bonds. The van der Waals surface area contributed by atoms with Gasteiger partial charge in [0.2, 0.25) is 5.16 Å². The average Bonchev–Trinajstić information content (AvgIpc) is 2.65. The molecule has 0 atom stereocenters. The third kappa shape index (κ3) is 1.60. The molecule has 2 aromatic rings. The van der Waals surface area contributed by atoms with Crippen molar-refractivity contribution in [1.29, 1.82) is 0 Å². The van der Waals surface area contributed by atoms with E-state index in [-0.39, 0.29) is 5.82 Å². The van der Waals surface area contributed by atoms with Crippen LogP contribution in [0.2, 0.25) is 0 Å². The Kier molecular flexibility index (Phi) is 2.45. The van der Waals surface area contributed by atoms with Crippen molar-refractivity contribution in [2.75, 3.05) is 6.26 Å². The normalized spacial score (nSPS) is 10.4. The molecule has 1 aromatic heterocycles. The van der Waals surface area contributed by atoms with Crippen LogP contribution in [-0.2, 0) is 0 Å². The van der Waals surface area contributed by atoms with E-state index < -0.39 is 0 Å². The van der Waals surface area contributed by atoms with Crippen molar-refractivity contribution in [3.63, 3.8) is 0 Å². The lowest BCUT2D eigenvalue weighted by atomic mass is 10.3. The Balaban J connectivity index is 2.49. The second-order valence-corrected chi connectivity index (χ2v) is 3.33. The fourth-order valence-corrected chi connectivity index (χ4v) is 1.51. The number of benzene rings is 1. The van der Waals surface area contributed by atoms with Crippen molar-refractivity contribution in [3.05, 3.63) is 30.1 Å². The summed E-state index contributed by atoms with van der Waals surface area (Å²) < 4.78 is 14.4. The average molecular weight is 210 g/mol. The van der Waals surface area contributed by atoms with E-state index in [4.69, 9.17) is 0 Å². The van der Waals surface area contributed by atoms with Gasteiger partial charge in [0.15, 0.2) is 0 Å². The van der Waals surface area contributed by atoms with Gasteiger partial charge in [-0.3, -0.25) is 0 Å². The standard InChI is InChI=1S/C8H7FN4S/c1-14-8-10-11-12-13(8)7-4-2-3-6(9)5-7/h2-5H,1H3. The molecule has 0 unspecified atom stereocenters. The highest BCUT2D eigenvalue weighted by atomic mass is 32.2. The minimum absolute atomic E-state index is 0.301. The SMILES string of the molecule is CSc1nnnn1-c1cccc(F)c1. The van der Waals surface area contributed by atoms with Gasteiger partial charge >= 0.3 is 0 Å². The first-order chi connectivity index (χ1) is 6.81. The van der Waals surface area contributed by atoms with E-state index in [0.29, 0.717) is 10.8 Å². The molecule has 0 aliphatic carbocycles. The number of nitrogens with zero attached hydrogens (tertiary/aromatic N) is 4. The van der Waals surface area contributed by atoms with Gasteiger partial charge in [-0.1, -0.05) is 17.8 Å². The van der Waals surface area contributed by atoms with Crippen molar-refractivity contribution < 1.29 is 4.39 Å². The van der Waals surface area contributed by atoms with Crippen molar-refractivity contribution in [3.8, 4) is 5.69 Å². The monoisotopic (exact) mass is 210 g/mol. The summed E-state index contributed by atoms with van der Waals surface area (Å²) in [5, 5.41) is 11.7. The van der Waals surface area contributed by atoms with Crippen LogP contribution in [0.15, 0.2) is 29.4 Å². The predicted octanol–water partition coefficient (Wildman–Crippen LogP) is 1.52. The van der Waals surface area contributed by atoms with Gasteiger partial charge in [-0.05, 0) is 34.9 Å². The summed E-state index contributed by atoms with van der Waals surface area (Å²) >= 11 is 1.41. The largest absolute Gasteiger partial charge is 0.213 e. The third-order valence-corrected chi connectivity index (χ3v) is 2.30. The molecule has 1 aromatic carbocycles. The summed E-state index contributed by atoms with van der Waals surface area (Å²) in [7, 11) is 0. The van der Waals surface area contributed by atoms with Gasteiger partial charge in [-0.2, -0.15) is 4.68 Å². The number of aromatic nitrogens is 4. The maximum atomic E-state index is 12.9. The molecular weight excluding hydrogens is 203 g/mol. The molecule has 0 fully saturated rings. The van der Waals surface area contributed by atoms with Crippen molar-refractivity contribution in [1.82, 2.24) is 20.2 Å². The molecule has 14 heavy (non-hydrogen) atoms. The first kappa shape index (κ1) is 9.14. The number of thioether (sulfide) groups is 1. The summed E-state index contributed by atoms with van der Waals surface area (Å²) in [6, 6.07) is 6.14. The number of rotatable bonds is 2. The van der Waals surface area contributed by atoms with E-state index in [1.165, 1.54) is 28.6 Å². The quantitative estimate of drug-likeness (QED) is 0.705. The Morgan fingerprint density at radius 2 is 2.29 bits per heavy atom. The molecule has 0 bridgehead atoms. The summed E-state index contributed by atoms with van der Waals surface area (Å²) in [4.78, 5) is 0. The van der Waals surface area contributed by atoms with Gasteiger partial charge in [-0.15, -0.1) is 5.10 Å². The molecule has 6 heteroatoms. The van der Waals surface area contributed by atoms with Crippen molar-refractivity contribution in [2.45, 2.75) is 5.16 Å². The van der Waals surface area contributed by atoms with E-state index in [0.717, 1.165) is 0 Å². The van der Waals surface area contributed by atoms with E-state index in [1.54, 1.807) is 12.1 Å². The molecule has 0 N–H and O–H groups in total. The van der Waals surface area contributed by atoms with Gasteiger partial charge < -0.3 is 0 Å². The maximum absolute atomic E-state index is 12.9. The Hall–Kier alpha value is -1.43. The van der Waals surface area contributed by atoms with Crippen LogP contribution >= 0.6 is 11.8 Å². The number of tetrazole rings is 1. The zero-order valence-corrected chi connectivity index (χ0v) is 8.20. The molecule has 0 saturated heterocycles. The molecule has 72 valence electrons. The number of hydrogen-bond donors (Lipinski definition) is 0. The Bertz CT molecular complexity index is 442. The van der Waals surface area contributed by atoms with Crippen molar-refractivity contribution in [2.24, 2.45) is 0 Å². The highest BCUT2D eigenvalue weighted by molar-refractivity contribution is 7.98. The molecule has 2 rings (SSSR count). The molecule has 0 saturated carbocycles. The molecular formula is C8H7FN4S. The van der Waals surface area contributed by atoms with E-state index in [2.05, 4.69) is 15.5 Å². The second kappa shape index (κ2) is 3.75. The van der Waals surface area contributed by atoms with Gasteiger partial charge in [0.05, 0.1) is 5.69 Å². The zero-order valence-electron chi connectivity index (χ0n) is 7.38. The molecule has 0 radical (unpaired) electrons. The Morgan fingerprint density at radius 1 is 1.43 bits per heavy atom. The van der Waals surface area contributed by atoms with Gasteiger partial charge in [-0.25, -0.2) is 4.39 Å². The first-order valence-electron chi connectivity index (χ1n) is 3.89. The van der Waals surface area contributed by atoms with E-state index >= 15 is 0 Å². The van der Waals surface area contributed by atoms with Crippen LogP contribution in [0.4, 0.5) is 4.39 Å². The summed E-state index contributed by atoms with van der Waals surface area (Å²) in [5.74, 6) is -0.301. The molecule has 1 heterocycles. The lowest BCUT2D eigenvalue weighted by Crippen LogP contribution is -1.98. The van der Waals surface area contributed by atoms with E-state index in [1.807, 2.05) is 6.26 Å². The molecule has 0 aliphatic rings. The van der Waals surface area contributed by atoms with Crippen LogP contribution in [0.25, 0.3) is 5.69 Å². The Morgan fingerprint density at radius 3 is 3.00 bits per heavy atom. The number of halogens is 1. The van der Waals surface area contributed by atoms with Crippen LogP contribution in [0, 0.1) is 5.82 Å². The summed E-state index contributed by atoms with van der Waals surface area (Å²) in [5.41, 5.74) is 0.624. The minimum atomic E-state index is -0.301. The number of hydrogen-bond acceptors (Lipinski definition) is 4. The predicted molar refractivity (Wildman–Crippen MR) is 50.9 cm³/mol. The highest BCUT2D eigenvalue weighted by Crippen LogP contribution is 2.15. The van der Waals surface area contributed by atoms with Gasteiger partial charge in [0.1, 0.15) is 5.82 Å². The lowest BCUT2D eigenvalue weighted by molar-refractivity contribution is 0.623. The van der Waals surface area contributed by atoms with Crippen LogP contribution in [0.3, 0.4) is 0 Å². The minimum Gasteiger partial charge on any atom is -0.207 e. The van der Waals surface area contributed by atoms with Gasteiger partial charge in [0, 0.05) is 0 Å². The second-order valence-electron chi connectivity index (χ2n) is 2.56. The van der Waals surface area contributed by atoms with E-state index in [9.17, 15) is 4.39 Å². The fourth-order valence-electron chi connectivity index (χ4n) is 1.08. The van der Waals surface area contributed by atoms with Crippen LogP contribution in [0.1, 0.15) is 0 Å². The van der Waals surface area contributed by atoms with Crippen LogP contribution in [0.5, 0.6) is 0 Å². The van der Waals surface area contributed by atoms with Crippen molar-refractivity contribution >= 4 is 11.8 Å². The zero-order chi connectivity index (χ0) is 9.97. The summed E-state index contributed by atoms with van der Waals surface area (Å²) in [6.07, 6.45) is 1.86. The van der Waals surface area contributed by atoms with Crippen LogP contribution < -0.4 is 0 Å². The maximum Gasteiger partial charge on any atom is 0.213 e. The molecule has 0 spiro atoms. The lowest BCUT2D eigenvalue weighted by Gasteiger charge is -2.01. The highest BCUT2D eigenvalue weighted by Gasteiger charge is 2.06. The smallest absolute Gasteiger partial charge is 0.207 e. The van der Waals surface area contributed by atoms with Crippen LogP contribution in [-0.4, -0.2) is 26.5 Å².